The summed E-state index contributed by atoms with van der Waals surface area (Å²) < 4.78 is 0. The van der Waals surface area contributed by atoms with Crippen LogP contribution in [0.2, 0.25) is 0 Å². The van der Waals surface area contributed by atoms with E-state index in [4.69, 9.17) is 5.11 Å². The van der Waals surface area contributed by atoms with Gasteiger partial charge in [-0.15, -0.1) is 0 Å². The van der Waals surface area contributed by atoms with Crippen molar-refractivity contribution in [2.75, 3.05) is 5.33 Å². The smallest absolute Gasteiger partial charge is 0.405 e. The average Bonchev–Trinajstić information content (AvgIpc) is 2.26. The van der Waals surface area contributed by atoms with Gasteiger partial charge >= 0.3 is 6.09 Å². The number of rotatable bonds is 4. The number of amides is 1. The van der Waals surface area contributed by atoms with E-state index in [1.807, 2.05) is 0 Å². The highest BCUT2D eigenvalue weighted by Gasteiger charge is 2.31. The molecular formula is C11H18BrNO3. The van der Waals surface area contributed by atoms with E-state index >= 15 is 0 Å². The van der Waals surface area contributed by atoms with Gasteiger partial charge in [0.25, 0.3) is 0 Å². The summed E-state index contributed by atoms with van der Waals surface area (Å²) in [5.74, 6) is 0.792. The van der Waals surface area contributed by atoms with Crippen molar-refractivity contribution < 1.29 is 14.7 Å². The van der Waals surface area contributed by atoms with Crippen LogP contribution in [0.15, 0.2) is 0 Å². The Morgan fingerprint density at radius 1 is 1.38 bits per heavy atom. The first kappa shape index (κ1) is 13.5. The average molecular weight is 292 g/mol. The summed E-state index contributed by atoms with van der Waals surface area (Å²) in [5, 5.41) is 11.3. The molecule has 92 valence electrons. The van der Waals surface area contributed by atoms with E-state index < -0.39 is 12.1 Å². The fourth-order valence-corrected chi connectivity index (χ4v) is 2.65. The first-order chi connectivity index (χ1) is 7.54. The predicted molar refractivity (Wildman–Crippen MR) is 64.9 cm³/mol. The molecule has 1 amide bonds. The van der Waals surface area contributed by atoms with Gasteiger partial charge in [0.2, 0.25) is 0 Å². The second kappa shape index (κ2) is 6.23. The molecule has 0 aromatic rings. The molecule has 0 heterocycles. The van der Waals surface area contributed by atoms with Crippen LogP contribution in [-0.4, -0.2) is 28.4 Å². The minimum absolute atomic E-state index is 0.0676. The van der Waals surface area contributed by atoms with Crippen molar-refractivity contribution in [3.63, 3.8) is 0 Å². The van der Waals surface area contributed by atoms with Gasteiger partial charge in [-0.25, -0.2) is 4.79 Å². The lowest BCUT2D eigenvalue weighted by molar-refractivity contribution is -0.120. The van der Waals surface area contributed by atoms with Gasteiger partial charge in [0.05, 0.1) is 11.4 Å². The van der Waals surface area contributed by atoms with Crippen LogP contribution in [0.25, 0.3) is 0 Å². The van der Waals surface area contributed by atoms with Gasteiger partial charge in [-0.3, -0.25) is 4.79 Å². The lowest BCUT2D eigenvalue weighted by Crippen LogP contribution is -2.47. The number of alkyl halides is 1. The second-order valence-corrected chi connectivity index (χ2v) is 5.11. The van der Waals surface area contributed by atoms with Gasteiger partial charge in [0, 0.05) is 0 Å². The maximum atomic E-state index is 11.7. The van der Waals surface area contributed by atoms with Crippen LogP contribution in [0, 0.1) is 11.8 Å². The minimum Gasteiger partial charge on any atom is -0.465 e. The number of hydrogen-bond donors (Lipinski definition) is 2. The Labute approximate surface area is 104 Å². The van der Waals surface area contributed by atoms with E-state index in [0.717, 1.165) is 25.7 Å². The lowest BCUT2D eigenvalue weighted by Gasteiger charge is -2.31. The molecule has 4 nitrogen and oxygen atoms in total. The molecule has 0 bridgehead atoms. The molecular weight excluding hydrogens is 274 g/mol. The molecule has 16 heavy (non-hydrogen) atoms. The standard InChI is InChI=1S/C11H18BrNO3/c1-7-2-4-8(5-3-7)10(9(14)6-12)13-11(15)16/h7-8,10,13H,2-6H2,1H3,(H,15,16)/t7?,8?,10-/m0/s1. The number of hydrogen-bond acceptors (Lipinski definition) is 2. The number of Topliss-reactive ketones (excluding diaryl/α,β-unsaturated/α-hetero) is 1. The van der Waals surface area contributed by atoms with Crippen LogP contribution in [0.1, 0.15) is 32.6 Å². The summed E-state index contributed by atoms with van der Waals surface area (Å²) >= 11 is 3.10. The third-order valence-electron chi connectivity index (χ3n) is 3.29. The number of halogens is 1. The maximum Gasteiger partial charge on any atom is 0.405 e. The Kier molecular flexibility index (Phi) is 5.25. The van der Waals surface area contributed by atoms with Crippen LogP contribution >= 0.6 is 15.9 Å². The maximum absolute atomic E-state index is 11.7. The summed E-state index contributed by atoms with van der Waals surface area (Å²) in [4.78, 5) is 22.3. The SMILES string of the molecule is CC1CCC([C@H](NC(=O)O)C(=O)CBr)CC1. The number of carbonyl (C=O) groups is 2. The fourth-order valence-electron chi connectivity index (χ4n) is 2.30. The molecule has 0 aromatic heterocycles. The van der Waals surface area contributed by atoms with Crippen molar-refractivity contribution in [1.82, 2.24) is 5.32 Å². The van der Waals surface area contributed by atoms with E-state index in [1.165, 1.54) is 0 Å². The highest BCUT2D eigenvalue weighted by atomic mass is 79.9. The van der Waals surface area contributed by atoms with Crippen molar-refractivity contribution in [3.8, 4) is 0 Å². The monoisotopic (exact) mass is 291 g/mol. The fraction of sp³-hybridized carbons (Fsp3) is 0.818. The van der Waals surface area contributed by atoms with Crippen LogP contribution in [0.4, 0.5) is 4.79 Å². The topological polar surface area (TPSA) is 66.4 Å². The molecule has 5 heteroatoms. The van der Waals surface area contributed by atoms with Crippen LogP contribution < -0.4 is 5.32 Å². The van der Waals surface area contributed by atoms with E-state index in [1.54, 1.807) is 0 Å². The van der Waals surface area contributed by atoms with E-state index in [9.17, 15) is 9.59 Å². The predicted octanol–water partition coefficient (Wildman–Crippen LogP) is 2.41. The molecule has 0 saturated heterocycles. The molecule has 1 aliphatic carbocycles. The van der Waals surface area contributed by atoms with Crippen molar-refractivity contribution in [2.45, 2.75) is 38.6 Å². The Morgan fingerprint density at radius 2 is 1.94 bits per heavy atom. The minimum atomic E-state index is -1.11. The normalized spacial score (nSPS) is 27.1. The zero-order valence-corrected chi connectivity index (χ0v) is 11.0. The van der Waals surface area contributed by atoms with E-state index in [-0.39, 0.29) is 17.0 Å². The molecule has 0 aromatic carbocycles. The highest BCUT2D eigenvalue weighted by molar-refractivity contribution is 9.09. The van der Waals surface area contributed by atoms with Gasteiger partial charge in [0.1, 0.15) is 0 Å². The molecule has 0 radical (unpaired) electrons. The molecule has 0 spiro atoms. The van der Waals surface area contributed by atoms with Crippen LogP contribution in [0.5, 0.6) is 0 Å². The number of nitrogens with one attached hydrogen (secondary N) is 1. The van der Waals surface area contributed by atoms with Gasteiger partial charge in [-0.2, -0.15) is 0 Å². The quantitative estimate of drug-likeness (QED) is 0.782. The molecule has 1 rings (SSSR count). The first-order valence-corrected chi connectivity index (χ1v) is 6.75. The van der Waals surface area contributed by atoms with Gasteiger partial charge in [-0.05, 0) is 24.7 Å². The number of ketones is 1. The van der Waals surface area contributed by atoms with Crippen molar-refractivity contribution >= 4 is 27.8 Å². The van der Waals surface area contributed by atoms with Gasteiger partial charge in [-0.1, -0.05) is 35.7 Å². The summed E-state index contributed by atoms with van der Waals surface area (Å²) in [6, 6.07) is -0.538. The highest BCUT2D eigenvalue weighted by Crippen LogP contribution is 2.30. The number of carbonyl (C=O) groups excluding carboxylic acids is 1. The van der Waals surface area contributed by atoms with Crippen LogP contribution in [-0.2, 0) is 4.79 Å². The molecule has 2 N–H and O–H groups in total. The van der Waals surface area contributed by atoms with E-state index in [2.05, 4.69) is 28.2 Å². The largest absolute Gasteiger partial charge is 0.465 e. The third-order valence-corrected chi connectivity index (χ3v) is 3.84. The summed E-state index contributed by atoms with van der Waals surface area (Å²) in [6.45, 7) is 2.20. The molecule has 0 unspecified atom stereocenters. The Morgan fingerprint density at radius 3 is 2.38 bits per heavy atom. The first-order valence-electron chi connectivity index (χ1n) is 5.62. The molecule has 1 saturated carbocycles. The summed E-state index contributed by atoms with van der Waals surface area (Å²) in [6.07, 6.45) is 2.92. The summed E-state index contributed by atoms with van der Waals surface area (Å²) in [7, 11) is 0. The van der Waals surface area contributed by atoms with Crippen molar-refractivity contribution in [2.24, 2.45) is 11.8 Å². The van der Waals surface area contributed by atoms with Crippen molar-refractivity contribution in [1.29, 1.82) is 0 Å². The van der Waals surface area contributed by atoms with E-state index in [0.29, 0.717) is 5.92 Å². The Bertz CT molecular complexity index is 262. The molecule has 1 aliphatic rings. The second-order valence-electron chi connectivity index (χ2n) is 4.55. The lowest BCUT2D eigenvalue weighted by atomic mass is 9.78. The van der Waals surface area contributed by atoms with Crippen LogP contribution in [0.3, 0.4) is 0 Å². The zero-order valence-electron chi connectivity index (χ0n) is 9.41. The Balaban J connectivity index is 2.61. The zero-order chi connectivity index (χ0) is 12.1. The molecule has 0 aliphatic heterocycles. The van der Waals surface area contributed by atoms with Gasteiger partial charge < -0.3 is 10.4 Å². The molecule has 1 fully saturated rings. The number of carboxylic acid groups (broad SMARTS) is 1. The summed E-state index contributed by atoms with van der Waals surface area (Å²) in [5.41, 5.74) is 0. The Hall–Kier alpha value is -0.580. The van der Waals surface area contributed by atoms with Gasteiger partial charge in [0.15, 0.2) is 5.78 Å². The molecule has 1 atom stereocenters. The van der Waals surface area contributed by atoms with Crippen molar-refractivity contribution in [3.05, 3.63) is 0 Å². The third kappa shape index (κ3) is 3.77.